The van der Waals surface area contributed by atoms with Crippen molar-refractivity contribution in [2.24, 2.45) is 0 Å². The van der Waals surface area contributed by atoms with E-state index < -0.39 is 11.2 Å². The van der Waals surface area contributed by atoms with Gasteiger partial charge in [-0.05, 0) is 50.3 Å². The Bertz CT molecular complexity index is 422. The van der Waals surface area contributed by atoms with Gasteiger partial charge in [-0.2, -0.15) is 9.78 Å². The van der Waals surface area contributed by atoms with E-state index in [2.05, 4.69) is 11.6 Å². The molecule has 0 aromatic heterocycles. The molecule has 0 aliphatic rings. The predicted molar refractivity (Wildman–Crippen MR) is 77.3 cm³/mol. The standard InChI is InChI=1S/C16H24O4/c1-13(2)12-16(6,14-10-8-7-9-11-14)18-20-19-17-15(3,4)5/h7-11H,1,12H2,2-6H3. The third-order valence-corrected chi connectivity index (χ3v) is 2.55. The Labute approximate surface area is 121 Å². The molecule has 1 rings (SSSR count). The molecule has 0 fully saturated rings. The number of hydrogen-bond donors (Lipinski definition) is 0. The molecule has 1 aromatic rings. The summed E-state index contributed by atoms with van der Waals surface area (Å²) in [4.78, 5) is 10.4. The molecule has 0 saturated carbocycles. The zero-order chi connectivity index (χ0) is 15.2. The Morgan fingerprint density at radius 2 is 1.55 bits per heavy atom. The molecule has 112 valence electrons. The van der Waals surface area contributed by atoms with E-state index >= 15 is 0 Å². The maximum atomic E-state index is 5.41. The van der Waals surface area contributed by atoms with Gasteiger partial charge in [0, 0.05) is 6.42 Å². The lowest BCUT2D eigenvalue weighted by Crippen LogP contribution is -2.28. The molecule has 0 aliphatic carbocycles. The zero-order valence-corrected chi connectivity index (χ0v) is 12.9. The van der Waals surface area contributed by atoms with E-state index in [1.165, 1.54) is 0 Å². The van der Waals surface area contributed by atoms with Crippen molar-refractivity contribution >= 4 is 0 Å². The summed E-state index contributed by atoms with van der Waals surface area (Å²) >= 11 is 0. The molecule has 4 heteroatoms. The molecule has 0 amide bonds. The quantitative estimate of drug-likeness (QED) is 0.319. The second-order valence-corrected chi connectivity index (χ2v) is 6.15. The lowest BCUT2D eigenvalue weighted by atomic mass is 9.90. The first-order valence-corrected chi connectivity index (χ1v) is 6.63. The van der Waals surface area contributed by atoms with Crippen LogP contribution in [-0.4, -0.2) is 5.60 Å². The van der Waals surface area contributed by atoms with Gasteiger partial charge < -0.3 is 0 Å². The van der Waals surface area contributed by atoms with Crippen molar-refractivity contribution in [3.8, 4) is 0 Å². The van der Waals surface area contributed by atoms with Crippen LogP contribution in [-0.2, 0) is 25.5 Å². The summed E-state index contributed by atoms with van der Waals surface area (Å²) in [7, 11) is 0. The van der Waals surface area contributed by atoms with Gasteiger partial charge in [-0.25, -0.2) is 0 Å². The largest absolute Gasteiger partial charge is 0.198 e. The van der Waals surface area contributed by atoms with Crippen LogP contribution in [0.3, 0.4) is 0 Å². The molecular weight excluding hydrogens is 256 g/mol. The second-order valence-electron chi connectivity index (χ2n) is 6.15. The maximum absolute atomic E-state index is 5.41. The highest BCUT2D eigenvalue weighted by molar-refractivity contribution is 5.23. The highest BCUT2D eigenvalue weighted by Crippen LogP contribution is 2.32. The van der Waals surface area contributed by atoms with Gasteiger partial charge in [0.25, 0.3) is 0 Å². The van der Waals surface area contributed by atoms with Gasteiger partial charge in [0.2, 0.25) is 0 Å². The normalized spacial score (nSPS) is 14.8. The highest BCUT2D eigenvalue weighted by Gasteiger charge is 2.30. The molecule has 0 radical (unpaired) electrons. The summed E-state index contributed by atoms with van der Waals surface area (Å²) in [6, 6.07) is 9.78. The average Bonchev–Trinajstić information content (AvgIpc) is 2.34. The Hall–Kier alpha value is -1.20. The van der Waals surface area contributed by atoms with Gasteiger partial charge in [0.15, 0.2) is 0 Å². The van der Waals surface area contributed by atoms with E-state index in [-0.39, 0.29) is 0 Å². The van der Waals surface area contributed by atoms with Gasteiger partial charge in [0.05, 0.1) is 5.60 Å². The number of benzene rings is 1. The second kappa shape index (κ2) is 6.99. The first-order chi connectivity index (χ1) is 9.23. The first kappa shape index (κ1) is 16.9. The third-order valence-electron chi connectivity index (χ3n) is 2.55. The SMILES string of the molecule is C=C(C)CC(C)(OOOOC(C)(C)C)c1ccccc1. The van der Waals surface area contributed by atoms with Crippen LogP contribution in [0.5, 0.6) is 0 Å². The summed E-state index contributed by atoms with van der Waals surface area (Å²) in [6.45, 7) is 13.3. The molecule has 0 bridgehead atoms. The Kier molecular flexibility index (Phi) is 5.89. The molecule has 0 spiro atoms. The maximum Gasteiger partial charge on any atom is 0.133 e. The summed E-state index contributed by atoms with van der Waals surface area (Å²) < 4.78 is 0. The van der Waals surface area contributed by atoms with E-state index in [4.69, 9.17) is 14.8 Å². The van der Waals surface area contributed by atoms with Crippen molar-refractivity contribution in [1.82, 2.24) is 0 Å². The molecule has 0 saturated heterocycles. The monoisotopic (exact) mass is 280 g/mol. The smallest absolute Gasteiger partial charge is 0.133 e. The van der Waals surface area contributed by atoms with Crippen LogP contribution in [0.15, 0.2) is 42.5 Å². The molecule has 1 unspecified atom stereocenters. The highest BCUT2D eigenvalue weighted by atomic mass is 17.7. The summed E-state index contributed by atoms with van der Waals surface area (Å²) in [5, 5.41) is 9.41. The van der Waals surface area contributed by atoms with E-state index in [1.807, 2.05) is 65.0 Å². The lowest BCUT2D eigenvalue weighted by molar-refractivity contribution is -0.665. The molecule has 0 aliphatic heterocycles. The molecule has 0 N–H and O–H groups in total. The minimum absolute atomic E-state index is 0.471. The minimum Gasteiger partial charge on any atom is -0.198 e. The van der Waals surface area contributed by atoms with Crippen LogP contribution < -0.4 is 0 Å². The van der Waals surface area contributed by atoms with E-state index in [9.17, 15) is 0 Å². The van der Waals surface area contributed by atoms with E-state index in [1.54, 1.807) is 0 Å². The molecule has 20 heavy (non-hydrogen) atoms. The van der Waals surface area contributed by atoms with Crippen molar-refractivity contribution < 1.29 is 19.9 Å². The molecule has 4 nitrogen and oxygen atoms in total. The van der Waals surface area contributed by atoms with Gasteiger partial charge in [-0.15, -0.1) is 6.58 Å². The fourth-order valence-electron chi connectivity index (χ4n) is 1.75. The van der Waals surface area contributed by atoms with E-state index in [0.717, 1.165) is 11.1 Å². The van der Waals surface area contributed by atoms with Crippen LogP contribution in [0.4, 0.5) is 0 Å². The van der Waals surface area contributed by atoms with Crippen molar-refractivity contribution in [3.63, 3.8) is 0 Å². The number of rotatable bonds is 7. The number of hydrogen-bond acceptors (Lipinski definition) is 4. The van der Waals surface area contributed by atoms with Crippen molar-refractivity contribution in [2.45, 2.75) is 52.2 Å². The first-order valence-electron chi connectivity index (χ1n) is 6.63. The Morgan fingerprint density at radius 3 is 2.05 bits per heavy atom. The summed E-state index contributed by atoms with van der Waals surface area (Å²) in [5.74, 6) is 0. The molecule has 0 heterocycles. The Balaban J connectivity index is 2.68. The molecular formula is C16H24O4. The molecule has 1 atom stereocenters. The van der Waals surface area contributed by atoms with Crippen molar-refractivity contribution in [2.75, 3.05) is 0 Å². The third kappa shape index (κ3) is 5.84. The van der Waals surface area contributed by atoms with Gasteiger partial charge in [-0.3, -0.25) is 0 Å². The van der Waals surface area contributed by atoms with Crippen LogP contribution in [0.1, 0.15) is 46.6 Å². The average molecular weight is 280 g/mol. The fraction of sp³-hybridized carbons (Fsp3) is 0.500. The van der Waals surface area contributed by atoms with E-state index in [0.29, 0.717) is 6.42 Å². The predicted octanol–water partition coefficient (Wildman–Crippen LogP) is 4.48. The van der Waals surface area contributed by atoms with Gasteiger partial charge in [-0.1, -0.05) is 35.9 Å². The van der Waals surface area contributed by atoms with Gasteiger partial charge in [0.1, 0.15) is 5.60 Å². The zero-order valence-electron chi connectivity index (χ0n) is 12.9. The minimum atomic E-state index is -0.686. The summed E-state index contributed by atoms with van der Waals surface area (Å²) in [5.41, 5.74) is 0.800. The Morgan fingerprint density at radius 1 is 1.00 bits per heavy atom. The van der Waals surface area contributed by atoms with Gasteiger partial charge >= 0.3 is 0 Å². The summed E-state index contributed by atoms with van der Waals surface area (Å²) in [6.07, 6.45) is 0.607. The van der Waals surface area contributed by atoms with Crippen LogP contribution in [0, 0.1) is 0 Å². The molecule has 1 aromatic carbocycles. The van der Waals surface area contributed by atoms with Crippen molar-refractivity contribution in [3.05, 3.63) is 48.0 Å². The van der Waals surface area contributed by atoms with Crippen LogP contribution in [0.2, 0.25) is 0 Å². The fourth-order valence-corrected chi connectivity index (χ4v) is 1.75. The van der Waals surface area contributed by atoms with Crippen LogP contribution in [0.25, 0.3) is 0 Å². The lowest BCUT2D eigenvalue weighted by Gasteiger charge is -2.28. The topological polar surface area (TPSA) is 36.9 Å². The van der Waals surface area contributed by atoms with Crippen LogP contribution >= 0.6 is 0 Å². The van der Waals surface area contributed by atoms with Crippen molar-refractivity contribution in [1.29, 1.82) is 0 Å².